The summed E-state index contributed by atoms with van der Waals surface area (Å²) in [4.78, 5) is 12.2. The fraction of sp³-hybridized carbons (Fsp3) is 0.364. The summed E-state index contributed by atoms with van der Waals surface area (Å²) in [6.45, 7) is 7.14. The Balaban J connectivity index is 1.47. The Hall–Kier alpha value is -3.02. The zero-order valence-corrected chi connectivity index (χ0v) is 16.5. The second-order valence-electron chi connectivity index (χ2n) is 7.32. The topological polar surface area (TPSA) is 69.2 Å². The molecule has 2 aromatic rings. The van der Waals surface area contributed by atoms with Crippen LogP contribution in [0.1, 0.15) is 36.7 Å². The van der Waals surface area contributed by atoms with Crippen molar-refractivity contribution in [2.24, 2.45) is 16.9 Å². The van der Waals surface area contributed by atoms with Crippen molar-refractivity contribution >= 4 is 12.1 Å². The maximum absolute atomic E-state index is 12.2. The van der Waals surface area contributed by atoms with E-state index in [1.807, 2.05) is 25.1 Å². The number of carbonyl (C=O) groups is 1. The summed E-state index contributed by atoms with van der Waals surface area (Å²) in [6.07, 6.45) is 2.53. The van der Waals surface area contributed by atoms with Crippen LogP contribution >= 0.6 is 0 Å². The normalized spacial score (nSPS) is 13.7. The molecule has 0 bridgehead atoms. The number of hydrogen-bond acceptors (Lipinski definition) is 5. The van der Waals surface area contributed by atoms with E-state index in [2.05, 4.69) is 24.4 Å². The van der Waals surface area contributed by atoms with E-state index in [0.717, 1.165) is 29.2 Å². The maximum Gasteiger partial charge on any atom is 0.271 e. The van der Waals surface area contributed by atoms with Crippen molar-refractivity contribution in [3.05, 3.63) is 53.6 Å². The summed E-state index contributed by atoms with van der Waals surface area (Å²) in [5.74, 6) is 2.67. The average molecular weight is 382 g/mol. The summed E-state index contributed by atoms with van der Waals surface area (Å²) < 4.78 is 16.3. The zero-order chi connectivity index (χ0) is 19.9. The molecule has 1 aliphatic rings. The molecule has 2 aromatic carbocycles. The summed E-state index contributed by atoms with van der Waals surface area (Å²) >= 11 is 0. The van der Waals surface area contributed by atoms with E-state index in [4.69, 9.17) is 14.2 Å². The van der Waals surface area contributed by atoms with E-state index in [1.54, 1.807) is 30.5 Å². The summed E-state index contributed by atoms with van der Waals surface area (Å²) in [5, 5.41) is 4.09. The van der Waals surface area contributed by atoms with Crippen LogP contribution in [-0.4, -0.2) is 25.5 Å². The van der Waals surface area contributed by atoms with Crippen LogP contribution < -0.4 is 19.6 Å². The molecule has 0 radical (unpaired) electrons. The third-order valence-corrected chi connectivity index (χ3v) is 4.19. The van der Waals surface area contributed by atoms with Crippen LogP contribution in [-0.2, 0) is 6.42 Å². The number of hydrazone groups is 1. The Bertz CT molecular complexity index is 831. The van der Waals surface area contributed by atoms with E-state index in [9.17, 15) is 4.79 Å². The molecule has 6 heteroatoms. The van der Waals surface area contributed by atoms with Gasteiger partial charge in [0.05, 0.1) is 6.61 Å². The first-order valence-electron chi connectivity index (χ1n) is 9.46. The van der Waals surface area contributed by atoms with Crippen molar-refractivity contribution in [3.8, 4) is 17.2 Å². The zero-order valence-electron chi connectivity index (χ0n) is 16.5. The third kappa shape index (κ3) is 5.49. The van der Waals surface area contributed by atoms with Crippen LogP contribution in [0.3, 0.4) is 0 Å². The standard InChI is InChI=1S/C22H26N2O4/c1-15(2)13-26-19-7-5-18(6-8-19)22(25)24-23-12-16(3)10-17-4-9-20-21(11-17)28-14-27-20/h4-9,11-12,15-16H,10,13-14H2,1-3H3,(H,24,25). The number of nitrogens with one attached hydrogen (secondary N) is 1. The molecule has 1 unspecified atom stereocenters. The molecule has 0 spiro atoms. The van der Waals surface area contributed by atoms with Gasteiger partial charge in [-0.15, -0.1) is 0 Å². The van der Waals surface area contributed by atoms with Crippen molar-refractivity contribution in [2.75, 3.05) is 13.4 Å². The van der Waals surface area contributed by atoms with Gasteiger partial charge in [-0.3, -0.25) is 4.79 Å². The molecule has 3 rings (SSSR count). The molecule has 0 aromatic heterocycles. The minimum Gasteiger partial charge on any atom is -0.493 e. The number of benzene rings is 2. The number of rotatable bonds is 8. The molecule has 0 saturated carbocycles. The molecule has 6 nitrogen and oxygen atoms in total. The van der Waals surface area contributed by atoms with Crippen LogP contribution in [0, 0.1) is 11.8 Å². The number of nitrogens with zero attached hydrogens (tertiary/aromatic N) is 1. The van der Waals surface area contributed by atoms with Crippen LogP contribution in [0.2, 0.25) is 0 Å². The van der Waals surface area contributed by atoms with E-state index < -0.39 is 0 Å². The van der Waals surface area contributed by atoms with E-state index >= 15 is 0 Å². The number of hydrogen-bond donors (Lipinski definition) is 1. The Morgan fingerprint density at radius 1 is 1.14 bits per heavy atom. The smallest absolute Gasteiger partial charge is 0.271 e. The van der Waals surface area contributed by atoms with Gasteiger partial charge in [-0.2, -0.15) is 5.10 Å². The highest BCUT2D eigenvalue weighted by Crippen LogP contribution is 2.32. The highest BCUT2D eigenvalue weighted by molar-refractivity contribution is 5.94. The first kappa shape index (κ1) is 19.7. The minimum absolute atomic E-state index is 0.160. The molecule has 0 aliphatic carbocycles. The molecule has 0 saturated heterocycles. The SMILES string of the molecule is CC(C)COc1ccc(C(=O)NN=CC(C)Cc2ccc3c(c2)OCO3)cc1. The molecular weight excluding hydrogens is 356 g/mol. The largest absolute Gasteiger partial charge is 0.493 e. The lowest BCUT2D eigenvalue weighted by Crippen LogP contribution is -2.18. The van der Waals surface area contributed by atoms with Gasteiger partial charge in [0, 0.05) is 11.8 Å². The van der Waals surface area contributed by atoms with Crippen molar-refractivity contribution in [3.63, 3.8) is 0 Å². The summed E-state index contributed by atoms with van der Waals surface area (Å²) in [7, 11) is 0. The molecule has 1 N–H and O–H groups in total. The fourth-order valence-corrected chi connectivity index (χ4v) is 2.75. The van der Waals surface area contributed by atoms with Gasteiger partial charge in [0.25, 0.3) is 5.91 Å². The molecule has 1 heterocycles. The van der Waals surface area contributed by atoms with Crippen molar-refractivity contribution in [1.29, 1.82) is 0 Å². The molecule has 1 amide bonds. The fourth-order valence-electron chi connectivity index (χ4n) is 2.75. The number of ether oxygens (including phenoxy) is 3. The maximum atomic E-state index is 12.2. The summed E-state index contributed by atoms with van der Waals surface area (Å²) in [6, 6.07) is 13.0. The van der Waals surface area contributed by atoms with Crippen LogP contribution in [0.5, 0.6) is 17.2 Å². The van der Waals surface area contributed by atoms with Gasteiger partial charge < -0.3 is 14.2 Å². The first-order valence-corrected chi connectivity index (χ1v) is 9.46. The lowest BCUT2D eigenvalue weighted by atomic mass is 10.0. The van der Waals surface area contributed by atoms with Gasteiger partial charge in [0.2, 0.25) is 6.79 Å². The molecular formula is C22H26N2O4. The van der Waals surface area contributed by atoms with E-state index in [0.29, 0.717) is 18.1 Å². The Morgan fingerprint density at radius 2 is 1.89 bits per heavy atom. The Kier molecular flexibility index (Phi) is 6.53. The van der Waals surface area contributed by atoms with Crippen LogP contribution in [0.15, 0.2) is 47.6 Å². The molecule has 148 valence electrons. The second-order valence-corrected chi connectivity index (χ2v) is 7.32. The predicted octanol–water partition coefficient (Wildman–Crippen LogP) is 4.04. The van der Waals surface area contributed by atoms with Crippen molar-refractivity contribution < 1.29 is 19.0 Å². The first-order chi connectivity index (χ1) is 13.5. The van der Waals surface area contributed by atoms with Gasteiger partial charge in [0.1, 0.15) is 5.75 Å². The number of carbonyl (C=O) groups excluding carboxylic acids is 1. The Labute approximate surface area is 165 Å². The highest BCUT2D eigenvalue weighted by Gasteiger charge is 2.14. The van der Waals surface area contributed by atoms with Gasteiger partial charge >= 0.3 is 0 Å². The molecule has 1 aliphatic heterocycles. The predicted molar refractivity (Wildman–Crippen MR) is 108 cm³/mol. The number of amides is 1. The average Bonchev–Trinajstić information content (AvgIpc) is 3.14. The highest BCUT2D eigenvalue weighted by atomic mass is 16.7. The lowest BCUT2D eigenvalue weighted by Gasteiger charge is -2.09. The van der Waals surface area contributed by atoms with Crippen LogP contribution in [0.4, 0.5) is 0 Å². The molecule has 28 heavy (non-hydrogen) atoms. The quantitative estimate of drug-likeness (QED) is 0.552. The van der Waals surface area contributed by atoms with Crippen LogP contribution in [0.25, 0.3) is 0 Å². The van der Waals surface area contributed by atoms with Crippen molar-refractivity contribution in [1.82, 2.24) is 5.43 Å². The lowest BCUT2D eigenvalue weighted by molar-refractivity contribution is 0.0955. The van der Waals surface area contributed by atoms with E-state index in [1.165, 1.54) is 0 Å². The third-order valence-electron chi connectivity index (χ3n) is 4.19. The van der Waals surface area contributed by atoms with Crippen molar-refractivity contribution in [2.45, 2.75) is 27.2 Å². The Morgan fingerprint density at radius 3 is 2.64 bits per heavy atom. The van der Waals surface area contributed by atoms with Gasteiger partial charge in [-0.05, 0) is 60.2 Å². The summed E-state index contributed by atoms with van der Waals surface area (Å²) in [5.41, 5.74) is 4.24. The minimum atomic E-state index is -0.248. The van der Waals surface area contributed by atoms with Gasteiger partial charge in [-0.1, -0.05) is 26.8 Å². The second kappa shape index (κ2) is 9.26. The monoisotopic (exact) mass is 382 g/mol. The molecule has 0 fully saturated rings. The number of fused-ring (bicyclic) bond motifs is 1. The van der Waals surface area contributed by atoms with Gasteiger partial charge in [0.15, 0.2) is 11.5 Å². The van der Waals surface area contributed by atoms with E-state index in [-0.39, 0.29) is 18.6 Å². The van der Waals surface area contributed by atoms with Gasteiger partial charge in [-0.25, -0.2) is 5.43 Å². The molecule has 1 atom stereocenters.